The van der Waals surface area contributed by atoms with E-state index in [0.717, 1.165) is 16.8 Å². The fraction of sp³-hybridized carbons (Fsp3) is 0.389. The molecule has 0 aliphatic heterocycles. The van der Waals surface area contributed by atoms with Crippen molar-refractivity contribution in [3.63, 3.8) is 0 Å². The van der Waals surface area contributed by atoms with Crippen LogP contribution in [-0.4, -0.2) is 34.7 Å². The summed E-state index contributed by atoms with van der Waals surface area (Å²) in [6, 6.07) is 12.2. The lowest BCUT2D eigenvalue weighted by molar-refractivity contribution is 0.0229. The molecule has 0 atom stereocenters. The Morgan fingerprint density at radius 3 is 2.62 bits per heavy atom. The number of hydrogen-bond acceptors (Lipinski definition) is 5. The molecule has 24 heavy (non-hydrogen) atoms. The number of carbonyl (C=O) groups excluding carboxylic acids is 1. The predicted molar refractivity (Wildman–Crippen MR) is 96.6 cm³/mol. The number of hydrogen-bond donors (Lipinski definition) is 0. The van der Waals surface area contributed by atoms with Gasteiger partial charge in [-0.05, 0) is 29.6 Å². The van der Waals surface area contributed by atoms with Gasteiger partial charge in [0.05, 0.1) is 7.11 Å². The van der Waals surface area contributed by atoms with Crippen LogP contribution in [0.5, 0.6) is 11.5 Å². The Balaban J connectivity index is 2.03. The first-order valence-corrected chi connectivity index (χ1v) is 11.6. The maximum atomic E-state index is 11.2. The Labute approximate surface area is 143 Å². The standard InChI is InChI=1S/C18H24O5Si/c1-20-18(19)23-15-9-8-14-6-5-7-17(16(14)12-15)22-13-21-10-11-24(2,3)4/h5-9,12H,10-11,13H2,1-4H3. The van der Waals surface area contributed by atoms with Gasteiger partial charge in [-0.3, -0.25) is 0 Å². The molecule has 0 aliphatic rings. The fourth-order valence-corrected chi connectivity index (χ4v) is 2.85. The molecular formula is C18H24O5Si. The topological polar surface area (TPSA) is 54.0 Å². The van der Waals surface area contributed by atoms with Crippen LogP contribution in [0.4, 0.5) is 4.79 Å². The Bertz CT molecular complexity index is 693. The van der Waals surface area contributed by atoms with Crippen molar-refractivity contribution in [3.05, 3.63) is 36.4 Å². The lowest BCUT2D eigenvalue weighted by Crippen LogP contribution is -2.22. The first kappa shape index (κ1) is 18.3. The zero-order valence-electron chi connectivity index (χ0n) is 14.6. The van der Waals surface area contributed by atoms with E-state index in [2.05, 4.69) is 24.4 Å². The summed E-state index contributed by atoms with van der Waals surface area (Å²) in [5.74, 6) is 1.10. The lowest BCUT2D eigenvalue weighted by atomic mass is 10.1. The highest BCUT2D eigenvalue weighted by atomic mass is 28.3. The van der Waals surface area contributed by atoms with Crippen molar-refractivity contribution < 1.29 is 23.7 Å². The van der Waals surface area contributed by atoms with E-state index in [4.69, 9.17) is 14.2 Å². The Kier molecular flexibility index (Phi) is 6.22. The third kappa shape index (κ3) is 5.54. The van der Waals surface area contributed by atoms with E-state index in [9.17, 15) is 4.79 Å². The average Bonchev–Trinajstić information content (AvgIpc) is 2.53. The van der Waals surface area contributed by atoms with E-state index in [1.807, 2.05) is 24.3 Å². The molecule has 2 rings (SSSR count). The summed E-state index contributed by atoms with van der Waals surface area (Å²) >= 11 is 0. The zero-order chi connectivity index (χ0) is 17.6. The summed E-state index contributed by atoms with van der Waals surface area (Å²) in [4.78, 5) is 11.2. The van der Waals surface area contributed by atoms with Gasteiger partial charge in [0.2, 0.25) is 0 Å². The van der Waals surface area contributed by atoms with Crippen molar-refractivity contribution >= 4 is 25.0 Å². The van der Waals surface area contributed by atoms with Crippen LogP contribution in [0.3, 0.4) is 0 Å². The largest absolute Gasteiger partial charge is 0.513 e. The van der Waals surface area contributed by atoms with Crippen LogP contribution >= 0.6 is 0 Å². The molecule has 0 unspecified atom stereocenters. The molecule has 2 aromatic rings. The molecule has 0 aliphatic carbocycles. The summed E-state index contributed by atoms with van der Waals surface area (Å²) in [6.07, 6.45) is -0.748. The minimum absolute atomic E-state index is 0.200. The summed E-state index contributed by atoms with van der Waals surface area (Å²) in [6.45, 7) is 7.84. The average molecular weight is 348 g/mol. The molecule has 0 spiro atoms. The smallest absolute Gasteiger partial charge is 0.467 e. The number of carbonyl (C=O) groups is 1. The molecule has 5 nitrogen and oxygen atoms in total. The van der Waals surface area contributed by atoms with Crippen molar-refractivity contribution in [2.75, 3.05) is 20.5 Å². The van der Waals surface area contributed by atoms with E-state index in [-0.39, 0.29) is 6.79 Å². The molecular weight excluding hydrogens is 324 g/mol. The van der Waals surface area contributed by atoms with Gasteiger partial charge in [0, 0.05) is 20.1 Å². The van der Waals surface area contributed by atoms with Crippen molar-refractivity contribution in [2.45, 2.75) is 25.7 Å². The number of ether oxygens (including phenoxy) is 4. The van der Waals surface area contributed by atoms with Crippen LogP contribution in [-0.2, 0) is 9.47 Å². The molecule has 0 saturated heterocycles. The SMILES string of the molecule is COC(=O)Oc1ccc2cccc(OCOCC[Si](C)(C)C)c2c1. The van der Waals surface area contributed by atoms with Gasteiger partial charge in [-0.25, -0.2) is 4.79 Å². The second kappa shape index (κ2) is 8.17. The van der Waals surface area contributed by atoms with E-state index in [1.165, 1.54) is 7.11 Å². The van der Waals surface area contributed by atoms with E-state index >= 15 is 0 Å². The maximum Gasteiger partial charge on any atom is 0.513 e. The summed E-state index contributed by atoms with van der Waals surface area (Å²) in [5.41, 5.74) is 0. The summed E-state index contributed by atoms with van der Waals surface area (Å²) < 4.78 is 20.9. The summed E-state index contributed by atoms with van der Waals surface area (Å²) in [7, 11) is 0.176. The summed E-state index contributed by atoms with van der Waals surface area (Å²) in [5, 5.41) is 1.85. The van der Waals surface area contributed by atoms with Crippen molar-refractivity contribution in [3.8, 4) is 11.5 Å². The van der Waals surface area contributed by atoms with Gasteiger partial charge in [-0.2, -0.15) is 0 Å². The van der Waals surface area contributed by atoms with Crippen molar-refractivity contribution in [1.29, 1.82) is 0 Å². The molecule has 0 N–H and O–H groups in total. The molecule has 0 fully saturated rings. The van der Waals surface area contributed by atoms with Gasteiger partial charge in [-0.1, -0.05) is 37.8 Å². The molecule has 0 radical (unpaired) electrons. The molecule has 0 saturated carbocycles. The minimum atomic E-state index is -1.10. The highest BCUT2D eigenvalue weighted by molar-refractivity contribution is 6.76. The molecule has 130 valence electrons. The first-order valence-electron chi connectivity index (χ1n) is 7.88. The van der Waals surface area contributed by atoms with Gasteiger partial charge in [0.25, 0.3) is 0 Å². The highest BCUT2D eigenvalue weighted by Crippen LogP contribution is 2.29. The van der Waals surface area contributed by atoms with Crippen LogP contribution < -0.4 is 9.47 Å². The molecule has 0 heterocycles. The van der Waals surface area contributed by atoms with Crippen LogP contribution in [0.25, 0.3) is 10.8 Å². The Morgan fingerprint density at radius 1 is 1.12 bits per heavy atom. The highest BCUT2D eigenvalue weighted by Gasteiger charge is 2.12. The third-order valence-electron chi connectivity index (χ3n) is 3.48. The number of methoxy groups -OCH3 is 1. The van der Waals surface area contributed by atoms with Gasteiger partial charge in [-0.15, -0.1) is 0 Å². The van der Waals surface area contributed by atoms with Gasteiger partial charge < -0.3 is 18.9 Å². The Morgan fingerprint density at radius 2 is 1.92 bits per heavy atom. The van der Waals surface area contributed by atoms with Crippen molar-refractivity contribution in [2.24, 2.45) is 0 Å². The van der Waals surface area contributed by atoms with Gasteiger partial charge in [0.1, 0.15) is 11.5 Å². The van der Waals surface area contributed by atoms with E-state index in [0.29, 0.717) is 18.1 Å². The molecule has 0 aromatic heterocycles. The number of rotatable bonds is 7. The maximum absolute atomic E-state index is 11.2. The van der Waals surface area contributed by atoms with Crippen molar-refractivity contribution in [1.82, 2.24) is 0 Å². The minimum Gasteiger partial charge on any atom is -0.467 e. The normalized spacial score (nSPS) is 11.3. The first-order chi connectivity index (χ1) is 11.4. The predicted octanol–water partition coefficient (Wildman–Crippen LogP) is 4.68. The second-order valence-corrected chi connectivity index (χ2v) is 12.3. The van der Waals surface area contributed by atoms with Gasteiger partial charge in [0.15, 0.2) is 6.79 Å². The Hall–Kier alpha value is -2.05. The monoisotopic (exact) mass is 348 g/mol. The number of fused-ring (bicyclic) bond motifs is 1. The number of benzene rings is 2. The second-order valence-electron chi connectivity index (χ2n) is 6.68. The molecule has 0 amide bonds. The van der Waals surface area contributed by atoms with Crippen LogP contribution in [0.15, 0.2) is 36.4 Å². The third-order valence-corrected chi connectivity index (χ3v) is 5.18. The lowest BCUT2D eigenvalue weighted by Gasteiger charge is -2.16. The van der Waals surface area contributed by atoms with Crippen LogP contribution in [0, 0.1) is 0 Å². The van der Waals surface area contributed by atoms with Gasteiger partial charge >= 0.3 is 6.16 Å². The molecule has 0 bridgehead atoms. The molecule has 6 heteroatoms. The van der Waals surface area contributed by atoms with Crippen LogP contribution in [0.1, 0.15) is 0 Å². The molecule has 2 aromatic carbocycles. The fourth-order valence-electron chi connectivity index (χ4n) is 2.09. The van der Waals surface area contributed by atoms with Crippen LogP contribution in [0.2, 0.25) is 25.7 Å². The quantitative estimate of drug-likeness (QED) is 0.239. The van der Waals surface area contributed by atoms with E-state index in [1.54, 1.807) is 12.1 Å². The zero-order valence-corrected chi connectivity index (χ0v) is 15.6. The van der Waals surface area contributed by atoms with E-state index < -0.39 is 14.2 Å².